The van der Waals surface area contributed by atoms with Gasteiger partial charge in [0.15, 0.2) is 6.61 Å². The molecule has 0 atom stereocenters. The Labute approximate surface area is 161 Å². The van der Waals surface area contributed by atoms with Gasteiger partial charge in [0, 0.05) is 30.9 Å². The summed E-state index contributed by atoms with van der Waals surface area (Å²) in [5, 5.41) is 13.7. The molecule has 9 nitrogen and oxygen atoms in total. The number of morpholine rings is 1. The van der Waals surface area contributed by atoms with Crippen LogP contribution in [0.4, 0.5) is 17.1 Å². The van der Waals surface area contributed by atoms with Crippen molar-refractivity contribution in [3.63, 3.8) is 0 Å². The summed E-state index contributed by atoms with van der Waals surface area (Å²) in [6, 6.07) is 12.8. The standard InChI is InChI=1S/C19H19N3O6/c23-18(20-14-4-2-1-3-5-14)13-28-19(24)16-12-15(22(25)26)6-7-17(16)21-8-10-27-11-9-21/h1-7,12H,8-11,13H2,(H,20,23). The van der Waals surface area contributed by atoms with Gasteiger partial charge in [-0.15, -0.1) is 0 Å². The van der Waals surface area contributed by atoms with Gasteiger partial charge in [-0.2, -0.15) is 0 Å². The fourth-order valence-corrected chi connectivity index (χ4v) is 2.81. The normalized spacial score (nSPS) is 13.6. The van der Waals surface area contributed by atoms with Crippen LogP contribution in [-0.4, -0.2) is 49.7 Å². The highest BCUT2D eigenvalue weighted by molar-refractivity contribution is 5.99. The summed E-state index contributed by atoms with van der Waals surface area (Å²) >= 11 is 0. The number of ether oxygens (including phenoxy) is 2. The molecule has 1 fully saturated rings. The van der Waals surface area contributed by atoms with Crippen LogP contribution in [0, 0.1) is 10.1 Å². The minimum atomic E-state index is -0.798. The van der Waals surface area contributed by atoms with E-state index in [9.17, 15) is 19.7 Å². The largest absolute Gasteiger partial charge is 0.452 e. The van der Waals surface area contributed by atoms with Crippen molar-refractivity contribution in [2.75, 3.05) is 43.1 Å². The van der Waals surface area contributed by atoms with Gasteiger partial charge >= 0.3 is 5.97 Å². The quantitative estimate of drug-likeness (QED) is 0.461. The van der Waals surface area contributed by atoms with E-state index in [1.54, 1.807) is 24.3 Å². The molecule has 0 radical (unpaired) electrons. The Hall–Kier alpha value is -3.46. The highest BCUT2D eigenvalue weighted by atomic mass is 16.6. The molecule has 0 bridgehead atoms. The van der Waals surface area contributed by atoms with Crippen LogP contribution < -0.4 is 10.2 Å². The van der Waals surface area contributed by atoms with E-state index in [1.165, 1.54) is 18.2 Å². The highest BCUT2D eigenvalue weighted by Crippen LogP contribution is 2.27. The van der Waals surface area contributed by atoms with E-state index in [-0.39, 0.29) is 11.3 Å². The number of carbonyl (C=O) groups is 2. The lowest BCUT2D eigenvalue weighted by Crippen LogP contribution is -2.37. The Morgan fingerprint density at radius 2 is 1.86 bits per heavy atom. The van der Waals surface area contributed by atoms with Crippen LogP contribution in [0.2, 0.25) is 0 Å². The number of hydrogen-bond donors (Lipinski definition) is 1. The number of nitro groups is 1. The average Bonchev–Trinajstić information content (AvgIpc) is 2.73. The molecular weight excluding hydrogens is 366 g/mol. The van der Waals surface area contributed by atoms with Crippen molar-refractivity contribution in [3.05, 3.63) is 64.2 Å². The first-order chi connectivity index (χ1) is 13.5. The molecule has 0 spiro atoms. The molecule has 0 aromatic heterocycles. The van der Waals surface area contributed by atoms with Gasteiger partial charge in [0.05, 0.1) is 29.4 Å². The van der Waals surface area contributed by atoms with Crippen LogP contribution in [0.1, 0.15) is 10.4 Å². The van der Waals surface area contributed by atoms with Crippen molar-refractivity contribution in [2.24, 2.45) is 0 Å². The Morgan fingerprint density at radius 3 is 2.54 bits per heavy atom. The second kappa shape index (κ2) is 8.96. The minimum absolute atomic E-state index is 0.0450. The van der Waals surface area contributed by atoms with Gasteiger partial charge in [0.1, 0.15) is 0 Å². The maximum Gasteiger partial charge on any atom is 0.341 e. The van der Waals surface area contributed by atoms with E-state index in [4.69, 9.17) is 9.47 Å². The third-order valence-corrected chi connectivity index (χ3v) is 4.15. The van der Waals surface area contributed by atoms with Crippen molar-refractivity contribution in [1.82, 2.24) is 0 Å². The Morgan fingerprint density at radius 1 is 1.14 bits per heavy atom. The Kier molecular flexibility index (Phi) is 6.18. The second-order valence-corrected chi connectivity index (χ2v) is 6.05. The molecule has 1 amide bonds. The van der Waals surface area contributed by atoms with Crippen LogP contribution in [0.25, 0.3) is 0 Å². The number of esters is 1. The predicted molar refractivity (Wildman–Crippen MR) is 101 cm³/mol. The molecule has 1 aliphatic heterocycles. The van der Waals surface area contributed by atoms with Gasteiger partial charge in [-0.05, 0) is 18.2 Å². The summed E-state index contributed by atoms with van der Waals surface area (Å²) in [5.41, 5.74) is 0.913. The van der Waals surface area contributed by atoms with Crippen molar-refractivity contribution in [2.45, 2.75) is 0 Å². The van der Waals surface area contributed by atoms with Crippen LogP contribution in [0.3, 0.4) is 0 Å². The maximum atomic E-state index is 12.6. The van der Waals surface area contributed by atoms with Gasteiger partial charge in [-0.25, -0.2) is 4.79 Å². The van der Waals surface area contributed by atoms with E-state index >= 15 is 0 Å². The topological polar surface area (TPSA) is 111 Å². The molecule has 1 saturated heterocycles. The molecule has 2 aromatic carbocycles. The number of benzene rings is 2. The van der Waals surface area contributed by atoms with Gasteiger partial charge in [-0.3, -0.25) is 14.9 Å². The minimum Gasteiger partial charge on any atom is -0.452 e. The third-order valence-electron chi connectivity index (χ3n) is 4.15. The lowest BCUT2D eigenvalue weighted by Gasteiger charge is -2.30. The molecule has 0 unspecified atom stereocenters. The van der Waals surface area contributed by atoms with E-state index in [2.05, 4.69) is 5.32 Å². The second-order valence-electron chi connectivity index (χ2n) is 6.05. The summed E-state index contributed by atoms with van der Waals surface area (Å²) in [4.78, 5) is 36.9. The number of non-ortho nitro benzene ring substituents is 1. The summed E-state index contributed by atoms with van der Waals surface area (Å²) in [7, 11) is 0. The third kappa shape index (κ3) is 4.83. The lowest BCUT2D eigenvalue weighted by molar-refractivity contribution is -0.384. The number of hydrogen-bond acceptors (Lipinski definition) is 7. The number of nitrogens with zero attached hydrogens (tertiary/aromatic N) is 2. The number of carbonyl (C=O) groups excluding carboxylic acids is 2. The molecule has 2 aromatic rings. The molecule has 28 heavy (non-hydrogen) atoms. The van der Waals surface area contributed by atoms with Gasteiger partial charge in [0.25, 0.3) is 11.6 Å². The van der Waals surface area contributed by atoms with Crippen LogP contribution in [0.15, 0.2) is 48.5 Å². The smallest absolute Gasteiger partial charge is 0.341 e. The first kappa shape index (κ1) is 19.3. The van der Waals surface area contributed by atoms with Crippen molar-refractivity contribution in [3.8, 4) is 0 Å². The number of para-hydroxylation sites is 1. The van der Waals surface area contributed by atoms with Gasteiger partial charge < -0.3 is 19.7 Å². The van der Waals surface area contributed by atoms with E-state index in [0.717, 1.165) is 0 Å². The molecule has 9 heteroatoms. The van der Waals surface area contributed by atoms with Gasteiger partial charge in [-0.1, -0.05) is 18.2 Å². The number of anilines is 2. The first-order valence-corrected chi connectivity index (χ1v) is 8.68. The number of nitro benzene ring substituents is 1. The average molecular weight is 385 g/mol. The zero-order valence-corrected chi connectivity index (χ0v) is 15.0. The van der Waals surface area contributed by atoms with E-state index in [1.807, 2.05) is 11.0 Å². The molecule has 1 heterocycles. The predicted octanol–water partition coefficient (Wildman–Crippen LogP) is 2.23. The molecule has 1 aliphatic rings. The molecule has 0 aliphatic carbocycles. The van der Waals surface area contributed by atoms with E-state index in [0.29, 0.717) is 37.7 Å². The van der Waals surface area contributed by atoms with Crippen molar-refractivity contribution < 1.29 is 24.0 Å². The van der Waals surface area contributed by atoms with Gasteiger partial charge in [0.2, 0.25) is 0 Å². The Balaban J connectivity index is 1.72. The molecule has 146 valence electrons. The first-order valence-electron chi connectivity index (χ1n) is 8.68. The molecule has 0 saturated carbocycles. The highest BCUT2D eigenvalue weighted by Gasteiger charge is 2.23. The SMILES string of the molecule is O=C(COC(=O)c1cc([N+](=O)[O-])ccc1N1CCOCC1)Nc1ccccc1. The summed E-state index contributed by atoms with van der Waals surface area (Å²) in [6.07, 6.45) is 0. The fourth-order valence-electron chi connectivity index (χ4n) is 2.81. The summed E-state index contributed by atoms with van der Waals surface area (Å²) in [6.45, 7) is 1.58. The van der Waals surface area contributed by atoms with Crippen LogP contribution in [-0.2, 0) is 14.3 Å². The molecule has 3 rings (SSSR count). The fraction of sp³-hybridized carbons (Fsp3) is 0.263. The molecule has 1 N–H and O–H groups in total. The van der Waals surface area contributed by atoms with Crippen molar-refractivity contribution in [1.29, 1.82) is 0 Å². The molecular formula is C19H19N3O6. The lowest BCUT2D eigenvalue weighted by atomic mass is 10.1. The number of rotatable bonds is 6. The number of nitrogens with one attached hydrogen (secondary N) is 1. The van der Waals surface area contributed by atoms with Crippen molar-refractivity contribution >= 4 is 28.9 Å². The summed E-state index contributed by atoms with van der Waals surface area (Å²) < 4.78 is 10.4. The zero-order chi connectivity index (χ0) is 19.9. The maximum absolute atomic E-state index is 12.6. The van der Waals surface area contributed by atoms with Crippen LogP contribution >= 0.6 is 0 Å². The zero-order valence-electron chi connectivity index (χ0n) is 15.0. The summed E-state index contributed by atoms with van der Waals surface area (Å²) in [5.74, 6) is -1.30. The van der Waals surface area contributed by atoms with Crippen LogP contribution in [0.5, 0.6) is 0 Å². The monoisotopic (exact) mass is 385 g/mol. The number of amides is 1. The van der Waals surface area contributed by atoms with E-state index < -0.39 is 23.4 Å². The Bertz CT molecular complexity index is 865.